The summed E-state index contributed by atoms with van der Waals surface area (Å²) in [7, 11) is 2.01. The summed E-state index contributed by atoms with van der Waals surface area (Å²) in [6.07, 6.45) is 4.41. The Labute approximate surface area is 104 Å². The molecule has 0 bridgehead atoms. The highest BCUT2D eigenvalue weighted by atomic mass is 16.3. The fourth-order valence-electron chi connectivity index (χ4n) is 1.74. The monoisotopic (exact) mass is 237 g/mol. The van der Waals surface area contributed by atoms with Crippen LogP contribution in [0.5, 0.6) is 0 Å². The van der Waals surface area contributed by atoms with Crippen molar-refractivity contribution in [2.75, 3.05) is 26.7 Å². The third-order valence-corrected chi connectivity index (χ3v) is 2.50. The van der Waals surface area contributed by atoms with Gasteiger partial charge in [0.1, 0.15) is 0 Å². The first-order valence-corrected chi connectivity index (χ1v) is 6.18. The number of rotatable bonds is 8. The molecule has 1 aromatic heterocycles. The minimum atomic E-state index is -0.316. The van der Waals surface area contributed by atoms with E-state index in [9.17, 15) is 5.11 Å². The molecule has 1 rings (SSSR count). The largest absolute Gasteiger partial charge is 0.390 e. The fraction of sp³-hybridized carbons (Fsp3) is 0.615. The molecule has 1 atom stereocenters. The Morgan fingerprint density at radius 3 is 3.00 bits per heavy atom. The topological polar surface area (TPSA) is 48.4 Å². The molecule has 0 aliphatic rings. The van der Waals surface area contributed by atoms with E-state index < -0.39 is 0 Å². The van der Waals surface area contributed by atoms with Crippen molar-refractivity contribution in [2.24, 2.45) is 0 Å². The standard InChI is InChI=1S/C13H23N3O/c1-3-6-14-9-13(17)11-16(2)10-12-5-4-7-15-8-12/h4-5,7-8,13-14,17H,3,6,9-11H2,1-2H3. The average Bonchev–Trinajstić information content (AvgIpc) is 2.30. The zero-order chi connectivity index (χ0) is 12.5. The van der Waals surface area contributed by atoms with Crippen LogP contribution < -0.4 is 5.32 Å². The highest BCUT2D eigenvalue weighted by Crippen LogP contribution is 2.01. The molecule has 1 unspecified atom stereocenters. The lowest BCUT2D eigenvalue weighted by Crippen LogP contribution is -2.36. The average molecular weight is 237 g/mol. The molecule has 17 heavy (non-hydrogen) atoms. The van der Waals surface area contributed by atoms with Gasteiger partial charge in [-0.1, -0.05) is 13.0 Å². The van der Waals surface area contributed by atoms with Crippen LogP contribution in [0.3, 0.4) is 0 Å². The summed E-state index contributed by atoms with van der Waals surface area (Å²) in [6, 6.07) is 3.98. The van der Waals surface area contributed by atoms with Crippen LogP contribution in [0.15, 0.2) is 24.5 Å². The van der Waals surface area contributed by atoms with Gasteiger partial charge in [0.05, 0.1) is 6.10 Å². The zero-order valence-corrected chi connectivity index (χ0v) is 10.8. The molecular weight excluding hydrogens is 214 g/mol. The Kier molecular flexibility index (Phi) is 6.77. The van der Waals surface area contributed by atoms with Crippen LogP contribution in [0.1, 0.15) is 18.9 Å². The van der Waals surface area contributed by atoms with Gasteiger partial charge in [-0.2, -0.15) is 0 Å². The van der Waals surface area contributed by atoms with Crippen molar-refractivity contribution in [1.29, 1.82) is 0 Å². The summed E-state index contributed by atoms with van der Waals surface area (Å²) < 4.78 is 0. The second kappa shape index (κ2) is 8.17. The molecule has 0 spiro atoms. The Bertz CT molecular complexity index is 292. The first-order valence-electron chi connectivity index (χ1n) is 6.18. The first kappa shape index (κ1) is 14.1. The normalized spacial score (nSPS) is 12.9. The molecule has 4 heteroatoms. The Balaban J connectivity index is 2.22. The number of hydrogen-bond acceptors (Lipinski definition) is 4. The summed E-state index contributed by atoms with van der Waals surface area (Å²) in [5.74, 6) is 0. The molecule has 0 aromatic carbocycles. The van der Waals surface area contributed by atoms with Crippen molar-refractivity contribution in [3.63, 3.8) is 0 Å². The molecule has 0 radical (unpaired) electrons. The van der Waals surface area contributed by atoms with Gasteiger partial charge in [-0.3, -0.25) is 9.88 Å². The summed E-state index contributed by atoms with van der Waals surface area (Å²) in [6.45, 7) is 5.23. The van der Waals surface area contributed by atoms with E-state index in [0.717, 1.165) is 19.5 Å². The molecule has 0 aliphatic heterocycles. The number of aliphatic hydroxyl groups is 1. The van der Waals surface area contributed by atoms with E-state index in [1.54, 1.807) is 6.20 Å². The van der Waals surface area contributed by atoms with Gasteiger partial charge in [0.2, 0.25) is 0 Å². The Morgan fingerprint density at radius 1 is 1.53 bits per heavy atom. The van der Waals surface area contributed by atoms with Crippen LogP contribution >= 0.6 is 0 Å². The third-order valence-electron chi connectivity index (χ3n) is 2.50. The molecule has 4 nitrogen and oxygen atoms in total. The molecule has 0 saturated carbocycles. The molecule has 0 amide bonds. The molecule has 0 fully saturated rings. The van der Waals surface area contributed by atoms with Crippen molar-refractivity contribution in [2.45, 2.75) is 26.0 Å². The number of aromatic nitrogens is 1. The summed E-state index contributed by atoms with van der Waals surface area (Å²) in [4.78, 5) is 6.18. The van der Waals surface area contributed by atoms with Gasteiger partial charge in [0.15, 0.2) is 0 Å². The van der Waals surface area contributed by atoms with Crippen molar-refractivity contribution in [3.05, 3.63) is 30.1 Å². The van der Waals surface area contributed by atoms with Gasteiger partial charge in [-0.15, -0.1) is 0 Å². The third kappa shape index (κ3) is 6.36. The lowest BCUT2D eigenvalue weighted by molar-refractivity contribution is 0.121. The maximum absolute atomic E-state index is 9.80. The number of hydrogen-bond donors (Lipinski definition) is 2. The molecule has 1 aromatic rings. The second-order valence-electron chi connectivity index (χ2n) is 4.42. The van der Waals surface area contributed by atoms with Crippen LogP contribution in [0.2, 0.25) is 0 Å². The van der Waals surface area contributed by atoms with E-state index >= 15 is 0 Å². The molecular formula is C13H23N3O. The SMILES string of the molecule is CCCNCC(O)CN(C)Cc1cccnc1. The minimum Gasteiger partial charge on any atom is -0.390 e. The van der Waals surface area contributed by atoms with Gasteiger partial charge in [-0.25, -0.2) is 0 Å². The van der Waals surface area contributed by atoms with E-state index in [1.807, 2.05) is 25.4 Å². The van der Waals surface area contributed by atoms with Crippen molar-refractivity contribution < 1.29 is 5.11 Å². The summed E-state index contributed by atoms with van der Waals surface area (Å²) in [5, 5.41) is 13.0. The first-order chi connectivity index (χ1) is 8.22. The highest BCUT2D eigenvalue weighted by molar-refractivity contribution is 5.07. The Hall–Kier alpha value is -0.970. The lowest BCUT2D eigenvalue weighted by Gasteiger charge is -2.20. The molecule has 2 N–H and O–H groups in total. The van der Waals surface area contributed by atoms with E-state index in [1.165, 1.54) is 5.56 Å². The maximum atomic E-state index is 9.80. The predicted molar refractivity (Wildman–Crippen MR) is 69.7 cm³/mol. The second-order valence-corrected chi connectivity index (χ2v) is 4.42. The zero-order valence-electron chi connectivity index (χ0n) is 10.8. The van der Waals surface area contributed by atoms with Gasteiger partial charge < -0.3 is 10.4 Å². The molecule has 0 saturated heterocycles. The van der Waals surface area contributed by atoms with Crippen LogP contribution in [-0.2, 0) is 6.54 Å². The van der Waals surface area contributed by atoms with E-state index in [2.05, 4.69) is 22.1 Å². The fourth-order valence-corrected chi connectivity index (χ4v) is 1.74. The van der Waals surface area contributed by atoms with E-state index in [0.29, 0.717) is 13.1 Å². The summed E-state index contributed by atoms with van der Waals surface area (Å²) in [5.41, 5.74) is 1.17. The van der Waals surface area contributed by atoms with Crippen molar-refractivity contribution in [1.82, 2.24) is 15.2 Å². The number of aliphatic hydroxyl groups excluding tert-OH is 1. The summed E-state index contributed by atoms with van der Waals surface area (Å²) >= 11 is 0. The number of likely N-dealkylation sites (N-methyl/N-ethyl adjacent to an activating group) is 1. The van der Waals surface area contributed by atoms with E-state index in [4.69, 9.17) is 0 Å². The number of nitrogens with one attached hydrogen (secondary N) is 1. The quantitative estimate of drug-likeness (QED) is 0.659. The Morgan fingerprint density at radius 2 is 2.35 bits per heavy atom. The highest BCUT2D eigenvalue weighted by Gasteiger charge is 2.07. The molecule has 1 heterocycles. The van der Waals surface area contributed by atoms with Crippen LogP contribution in [0.25, 0.3) is 0 Å². The molecule has 96 valence electrons. The van der Waals surface area contributed by atoms with E-state index in [-0.39, 0.29) is 6.10 Å². The van der Waals surface area contributed by atoms with Crippen LogP contribution in [-0.4, -0.2) is 47.8 Å². The van der Waals surface area contributed by atoms with Gasteiger partial charge in [0, 0.05) is 32.0 Å². The number of pyridine rings is 1. The smallest absolute Gasteiger partial charge is 0.0791 e. The predicted octanol–water partition coefficient (Wildman–Crippen LogP) is 0.874. The minimum absolute atomic E-state index is 0.316. The molecule has 0 aliphatic carbocycles. The van der Waals surface area contributed by atoms with Gasteiger partial charge in [-0.05, 0) is 31.6 Å². The van der Waals surface area contributed by atoms with Crippen LogP contribution in [0, 0.1) is 0 Å². The van der Waals surface area contributed by atoms with Gasteiger partial charge in [0.25, 0.3) is 0 Å². The number of nitrogens with zero attached hydrogens (tertiary/aromatic N) is 2. The van der Waals surface area contributed by atoms with Crippen molar-refractivity contribution >= 4 is 0 Å². The van der Waals surface area contributed by atoms with Crippen LogP contribution in [0.4, 0.5) is 0 Å². The van der Waals surface area contributed by atoms with Gasteiger partial charge >= 0.3 is 0 Å². The maximum Gasteiger partial charge on any atom is 0.0791 e. The lowest BCUT2D eigenvalue weighted by atomic mass is 10.2. The van der Waals surface area contributed by atoms with Crippen molar-refractivity contribution in [3.8, 4) is 0 Å².